The fraction of sp³-hybridized carbons (Fsp3) is 0.0435. The molecule has 0 radical (unpaired) electrons. The molecule has 0 saturated carbocycles. The Balaban J connectivity index is 1.89. The van der Waals surface area contributed by atoms with E-state index in [2.05, 4.69) is 0 Å². The largest absolute Gasteiger partial charge is 0.868 e. The van der Waals surface area contributed by atoms with E-state index in [4.69, 9.17) is 0 Å². The molecule has 0 aliphatic carbocycles. The quantitative estimate of drug-likeness (QED) is 0.289. The predicted octanol–water partition coefficient (Wildman–Crippen LogP) is 3.70. The molecule has 0 atom stereocenters. The molecule has 0 N–H and O–H groups in total. The molecule has 4 rings (SSSR count). The summed E-state index contributed by atoms with van der Waals surface area (Å²) in [6.45, 7) is 1.90. The van der Waals surface area contributed by atoms with Crippen molar-refractivity contribution in [3.8, 4) is 5.75 Å². The molecule has 0 aromatic heterocycles. The van der Waals surface area contributed by atoms with Crippen LogP contribution in [0.25, 0.3) is 11.6 Å². The van der Waals surface area contributed by atoms with Crippen molar-refractivity contribution in [3.63, 3.8) is 0 Å². The van der Waals surface area contributed by atoms with E-state index in [1.807, 2.05) is 6.92 Å². The van der Waals surface area contributed by atoms with E-state index in [9.17, 15) is 24.8 Å². The normalized spacial score (nSPS) is 14.7. The molecule has 1 heterocycles. The first kappa shape index (κ1) is 19.1. The molecule has 7 nitrogen and oxygen atoms in total. The van der Waals surface area contributed by atoms with Gasteiger partial charge in [0.1, 0.15) is 0 Å². The second-order valence-corrected chi connectivity index (χ2v) is 6.87. The zero-order chi connectivity index (χ0) is 21.4. The van der Waals surface area contributed by atoms with E-state index in [-0.39, 0.29) is 5.57 Å². The number of carbonyl (C=O) groups excluding carboxylic acids is 2. The number of nitro groups is 1. The number of fused-ring (bicyclic) bond motifs is 1. The van der Waals surface area contributed by atoms with E-state index in [1.54, 1.807) is 48.5 Å². The van der Waals surface area contributed by atoms with Crippen molar-refractivity contribution >= 4 is 34.8 Å². The number of hydrogen-bond acceptors (Lipinski definition) is 5. The molecule has 7 heteroatoms. The Morgan fingerprint density at radius 1 is 0.900 bits per heavy atom. The number of rotatable bonds is 3. The molecule has 0 spiro atoms. The average molecular weight is 399 g/mol. The summed E-state index contributed by atoms with van der Waals surface area (Å²) < 4.78 is 0. The minimum atomic E-state index is -0.761. The molecular weight excluding hydrogens is 384 g/mol. The van der Waals surface area contributed by atoms with Gasteiger partial charge in [0.2, 0.25) is 0 Å². The van der Waals surface area contributed by atoms with E-state index in [1.165, 1.54) is 12.1 Å². The highest BCUT2D eigenvalue weighted by Crippen LogP contribution is 2.34. The van der Waals surface area contributed by atoms with Gasteiger partial charge in [-0.3, -0.25) is 19.7 Å². The standard InChI is InChI=1S/C23H16N2O5/c1-14-6-9-16(10-7-14)24-22(27)18-5-3-2-4-17(18)19(23(24)28)12-15-8-11-21(26)20(13-15)25(29)30/h2-13,26H,1H3/p-1/b19-12-. The molecule has 1 aliphatic heterocycles. The molecule has 0 bridgehead atoms. The van der Waals surface area contributed by atoms with Crippen molar-refractivity contribution < 1.29 is 19.6 Å². The van der Waals surface area contributed by atoms with Gasteiger partial charge in [-0.15, -0.1) is 0 Å². The minimum Gasteiger partial charge on any atom is -0.868 e. The van der Waals surface area contributed by atoms with Crippen LogP contribution in [0.2, 0.25) is 0 Å². The molecule has 3 aromatic rings. The van der Waals surface area contributed by atoms with Crippen molar-refractivity contribution in [3.05, 3.63) is 99.1 Å². The first-order chi connectivity index (χ1) is 14.4. The van der Waals surface area contributed by atoms with Crippen LogP contribution in [0.3, 0.4) is 0 Å². The summed E-state index contributed by atoms with van der Waals surface area (Å²) in [6.07, 6.45) is 1.46. The van der Waals surface area contributed by atoms with Crippen molar-refractivity contribution in [2.75, 3.05) is 4.90 Å². The number of nitro benzene ring substituents is 1. The van der Waals surface area contributed by atoms with Gasteiger partial charge in [0.15, 0.2) is 0 Å². The molecular formula is C23H15N2O5-. The number of carbonyl (C=O) groups is 2. The molecule has 1 aliphatic rings. The molecule has 148 valence electrons. The Kier molecular flexibility index (Phi) is 4.63. The van der Waals surface area contributed by atoms with Crippen LogP contribution in [-0.4, -0.2) is 16.7 Å². The van der Waals surface area contributed by atoms with Gasteiger partial charge in [0, 0.05) is 17.2 Å². The lowest BCUT2D eigenvalue weighted by atomic mass is 9.91. The van der Waals surface area contributed by atoms with Gasteiger partial charge < -0.3 is 5.11 Å². The summed E-state index contributed by atoms with van der Waals surface area (Å²) in [7, 11) is 0. The lowest BCUT2D eigenvalue weighted by molar-refractivity contribution is -0.398. The second kappa shape index (κ2) is 7.29. The van der Waals surface area contributed by atoms with Gasteiger partial charge in [-0.2, -0.15) is 0 Å². The van der Waals surface area contributed by atoms with Crippen LogP contribution < -0.4 is 10.0 Å². The summed E-state index contributed by atoms with van der Waals surface area (Å²) in [5, 5.41) is 22.8. The van der Waals surface area contributed by atoms with E-state index in [0.29, 0.717) is 22.4 Å². The first-order valence-electron chi connectivity index (χ1n) is 9.09. The highest BCUT2D eigenvalue weighted by molar-refractivity contribution is 6.43. The lowest BCUT2D eigenvalue weighted by Crippen LogP contribution is -2.41. The molecule has 0 unspecified atom stereocenters. The molecule has 0 saturated heterocycles. The van der Waals surface area contributed by atoms with Gasteiger partial charge in [-0.1, -0.05) is 48.0 Å². The van der Waals surface area contributed by atoms with Crippen LogP contribution >= 0.6 is 0 Å². The Morgan fingerprint density at radius 3 is 2.23 bits per heavy atom. The van der Waals surface area contributed by atoms with Crippen molar-refractivity contribution in [2.24, 2.45) is 0 Å². The summed E-state index contributed by atoms with van der Waals surface area (Å²) in [5.74, 6) is -1.71. The average Bonchev–Trinajstić information content (AvgIpc) is 2.73. The summed E-state index contributed by atoms with van der Waals surface area (Å²) >= 11 is 0. The van der Waals surface area contributed by atoms with Crippen molar-refractivity contribution in [2.45, 2.75) is 6.92 Å². The van der Waals surface area contributed by atoms with Crippen LogP contribution in [0.4, 0.5) is 11.4 Å². The maximum Gasteiger partial charge on any atom is 0.265 e. The zero-order valence-corrected chi connectivity index (χ0v) is 15.9. The maximum atomic E-state index is 13.3. The third-order valence-corrected chi connectivity index (χ3v) is 4.87. The summed E-state index contributed by atoms with van der Waals surface area (Å²) in [5.41, 5.74) is 2.14. The Bertz CT molecular complexity index is 1230. The highest BCUT2D eigenvalue weighted by atomic mass is 16.6. The second-order valence-electron chi connectivity index (χ2n) is 6.87. The number of aryl methyl sites for hydroxylation is 1. The third-order valence-electron chi connectivity index (χ3n) is 4.87. The smallest absolute Gasteiger partial charge is 0.265 e. The predicted molar refractivity (Wildman–Crippen MR) is 110 cm³/mol. The minimum absolute atomic E-state index is 0.207. The van der Waals surface area contributed by atoms with Gasteiger partial charge in [0.05, 0.1) is 10.6 Å². The van der Waals surface area contributed by atoms with Crippen LogP contribution in [-0.2, 0) is 4.79 Å². The van der Waals surface area contributed by atoms with Crippen LogP contribution in [0.5, 0.6) is 5.75 Å². The SMILES string of the molecule is Cc1ccc(N2C(=O)/C(=C\c3ccc([O-])c([N+](=O)[O-])c3)c3ccccc3C2=O)cc1. The summed E-state index contributed by atoms with van der Waals surface area (Å²) in [6, 6.07) is 17.3. The monoisotopic (exact) mass is 399 g/mol. The number of amides is 2. The van der Waals surface area contributed by atoms with E-state index < -0.39 is 28.2 Å². The number of hydrogen-bond donors (Lipinski definition) is 0. The zero-order valence-electron chi connectivity index (χ0n) is 15.9. The first-order valence-corrected chi connectivity index (χ1v) is 9.09. The van der Waals surface area contributed by atoms with Gasteiger partial charge in [-0.05, 0) is 48.1 Å². The van der Waals surface area contributed by atoms with E-state index >= 15 is 0 Å². The Morgan fingerprint density at radius 2 is 1.57 bits per heavy atom. The summed E-state index contributed by atoms with van der Waals surface area (Å²) in [4.78, 5) is 37.8. The van der Waals surface area contributed by atoms with Crippen LogP contribution in [0, 0.1) is 17.0 Å². The lowest BCUT2D eigenvalue weighted by Gasteiger charge is -2.28. The maximum absolute atomic E-state index is 13.3. The molecule has 3 aromatic carbocycles. The molecule has 30 heavy (non-hydrogen) atoms. The number of imide groups is 1. The van der Waals surface area contributed by atoms with Gasteiger partial charge >= 0.3 is 0 Å². The Hall–Kier alpha value is -4.26. The molecule has 2 amide bonds. The Labute approximate surface area is 171 Å². The van der Waals surface area contributed by atoms with Crippen molar-refractivity contribution in [1.29, 1.82) is 0 Å². The van der Waals surface area contributed by atoms with Gasteiger partial charge in [-0.25, -0.2) is 4.90 Å². The highest BCUT2D eigenvalue weighted by Gasteiger charge is 2.35. The topological polar surface area (TPSA) is 104 Å². The third kappa shape index (κ3) is 3.22. The van der Waals surface area contributed by atoms with Crippen LogP contribution in [0.15, 0.2) is 66.7 Å². The number of nitrogens with zero attached hydrogens (tertiary/aromatic N) is 2. The van der Waals surface area contributed by atoms with E-state index in [0.717, 1.165) is 22.6 Å². The van der Waals surface area contributed by atoms with Crippen LogP contribution in [0.1, 0.15) is 27.0 Å². The fourth-order valence-corrected chi connectivity index (χ4v) is 3.35. The number of benzene rings is 3. The van der Waals surface area contributed by atoms with Crippen molar-refractivity contribution in [1.82, 2.24) is 0 Å². The molecule has 0 fully saturated rings. The fourth-order valence-electron chi connectivity index (χ4n) is 3.35. The number of anilines is 1. The van der Waals surface area contributed by atoms with Gasteiger partial charge in [0.25, 0.3) is 17.5 Å².